The molecule has 96 valence electrons. The first kappa shape index (κ1) is 11.0. The Balaban J connectivity index is 1.83. The summed E-state index contributed by atoms with van der Waals surface area (Å²) in [6.45, 7) is 1.15. The molecule has 0 aliphatic carbocycles. The van der Waals surface area contributed by atoms with Gasteiger partial charge in [0, 0.05) is 13.1 Å². The number of nitrogens with one attached hydrogen (secondary N) is 2. The lowest BCUT2D eigenvalue weighted by molar-refractivity contribution is -0.123. The topological polar surface area (TPSA) is 117 Å². The van der Waals surface area contributed by atoms with Gasteiger partial charge in [0.1, 0.15) is 0 Å². The van der Waals surface area contributed by atoms with E-state index in [1.807, 2.05) is 0 Å². The third-order valence-corrected chi connectivity index (χ3v) is 3.57. The van der Waals surface area contributed by atoms with Gasteiger partial charge in [0.25, 0.3) is 5.91 Å². The molecule has 0 bridgehead atoms. The van der Waals surface area contributed by atoms with Gasteiger partial charge in [-0.15, -0.1) is 5.10 Å². The highest BCUT2D eigenvalue weighted by Crippen LogP contribution is 2.28. The number of aromatic amines is 1. The number of aromatic nitrogens is 3. The van der Waals surface area contributed by atoms with Gasteiger partial charge >= 0.3 is 0 Å². The summed E-state index contributed by atoms with van der Waals surface area (Å²) in [5.74, 6) is -0.122. The number of nitrogens with zero attached hydrogens (tertiary/aromatic N) is 3. The van der Waals surface area contributed by atoms with Crippen LogP contribution in [0.2, 0.25) is 0 Å². The van der Waals surface area contributed by atoms with Gasteiger partial charge in [-0.2, -0.15) is 4.98 Å². The van der Waals surface area contributed by atoms with Gasteiger partial charge in [0.05, 0.1) is 12.0 Å². The van der Waals surface area contributed by atoms with E-state index in [9.17, 15) is 9.59 Å². The highest BCUT2D eigenvalue weighted by atomic mass is 16.2. The van der Waals surface area contributed by atoms with Crippen LogP contribution in [-0.2, 0) is 4.79 Å². The number of nitrogen functional groups attached to an aromatic ring is 1. The molecule has 1 aromatic heterocycles. The molecule has 0 radical (unpaired) electrons. The Kier molecular flexibility index (Phi) is 2.42. The highest BCUT2D eigenvalue weighted by Gasteiger charge is 2.43. The van der Waals surface area contributed by atoms with Crippen LogP contribution >= 0.6 is 0 Å². The van der Waals surface area contributed by atoms with Crippen molar-refractivity contribution < 1.29 is 9.59 Å². The summed E-state index contributed by atoms with van der Waals surface area (Å²) in [5, 5.41) is 8.95. The molecule has 0 aromatic carbocycles. The maximum atomic E-state index is 12.3. The monoisotopic (exact) mass is 250 g/mol. The molecule has 2 aliphatic rings. The number of hydrogen-bond acceptors (Lipinski definition) is 5. The van der Waals surface area contributed by atoms with E-state index in [-0.39, 0.29) is 35.5 Å². The van der Waals surface area contributed by atoms with E-state index in [0.717, 1.165) is 12.8 Å². The minimum absolute atomic E-state index is 0.0367. The summed E-state index contributed by atoms with van der Waals surface area (Å²) in [5.41, 5.74) is 5.38. The normalized spacial score (nSPS) is 26.9. The van der Waals surface area contributed by atoms with Crippen molar-refractivity contribution in [3.8, 4) is 0 Å². The predicted octanol–water partition coefficient (Wildman–Crippen LogP) is -1.26. The lowest BCUT2D eigenvalue weighted by atomic mass is 9.91. The third-order valence-electron chi connectivity index (χ3n) is 3.57. The summed E-state index contributed by atoms with van der Waals surface area (Å²) < 4.78 is 0. The minimum atomic E-state index is -0.245. The molecule has 2 fully saturated rings. The molecule has 2 aliphatic heterocycles. The van der Waals surface area contributed by atoms with Crippen molar-refractivity contribution in [3.63, 3.8) is 0 Å². The smallest absolute Gasteiger partial charge is 0.291 e. The Morgan fingerprint density at radius 2 is 2.33 bits per heavy atom. The third kappa shape index (κ3) is 1.60. The van der Waals surface area contributed by atoms with Crippen LogP contribution < -0.4 is 11.1 Å². The maximum Gasteiger partial charge on any atom is 0.291 e. The van der Waals surface area contributed by atoms with E-state index in [2.05, 4.69) is 20.5 Å². The number of likely N-dealkylation sites (tertiary alicyclic amines) is 1. The Hall–Kier alpha value is -2.12. The average Bonchev–Trinajstić information content (AvgIpc) is 2.96. The van der Waals surface area contributed by atoms with Crippen LogP contribution in [0.25, 0.3) is 0 Å². The molecule has 1 aromatic rings. The van der Waals surface area contributed by atoms with Crippen molar-refractivity contribution in [1.29, 1.82) is 0 Å². The number of amides is 2. The van der Waals surface area contributed by atoms with Crippen molar-refractivity contribution in [2.75, 3.05) is 18.8 Å². The standard InChI is InChI=1S/C10H14N6O2/c11-10-13-7(14-15-10)9(18)16-3-1-2-5-6(16)4-12-8(5)17/h5-6H,1-4H2,(H,12,17)(H3,11,13,14,15). The number of anilines is 1. The van der Waals surface area contributed by atoms with Gasteiger partial charge in [-0.25, -0.2) is 0 Å². The number of rotatable bonds is 1. The molecule has 2 saturated heterocycles. The lowest BCUT2D eigenvalue weighted by Gasteiger charge is -2.35. The molecule has 3 rings (SSSR count). The zero-order chi connectivity index (χ0) is 12.7. The van der Waals surface area contributed by atoms with Crippen molar-refractivity contribution in [3.05, 3.63) is 5.82 Å². The van der Waals surface area contributed by atoms with Gasteiger partial charge in [0.2, 0.25) is 17.7 Å². The van der Waals surface area contributed by atoms with Crippen LogP contribution in [-0.4, -0.2) is 51.0 Å². The first-order valence-corrected chi connectivity index (χ1v) is 5.93. The van der Waals surface area contributed by atoms with E-state index >= 15 is 0 Å². The molecular formula is C10H14N6O2. The molecule has 0 saturated carbocycles. The Labute approximate surface area is 103 Å². The Bertz CT molecular complexity index is 498. The summed E-state index contributed by atoms with van der Waals surface area (Å²) in [6, 6.07) is -0.0786. The SMILES string of the molecule is Nc1n[nH]c(C(=O)N2CCCC3C(=O)NCC32)n1. The van der Waals surface area contributed by atoms with Crippen molar-refractivity contribution >= 4 is 17.8 Å². The summed E-state index contributed by atoms with van der Waals surface area (Å²) in [6.07, 6.45) is 1.66. The van der Waals surface area contributed by atoms with Crippen LogP contribution in [0.15, 0.2) is 0 Å². The number of piperidine rings is 1. The number of H-pyrrole nitrogens is 1. The maximum absolute atomic E-state index is 12.3. The fraction of sp³-hybridized carbons (Fsp3) is 0.600. The fourth-order valence-corrected chi connectivity index (χ4v) is 2.71. The molecule has 0 spiro atoms. The number of carbonyl (C=O) groups excluding carboxylic acids is 2. The zero-order valence-electron chi connectivity index (χ0n) is 9.72. The summed E-state index contributed by atoms with van der Waals surface area (Å²) >= 11 is 0. The number of fused-ring (bicyclic) bond motifs is 1. The first-order valence-electron chi connectivity index (χ1n) is 5.93. The molecule has 2 amide bonds. The van der Waals surface area contributed by atoms with Gasteiger partial charge in [0.15, 0.2) is 0 Å². The van der Waals surface area contributed by atoms with E-state index in [0.29, 0.717) is 13.1 Å². The summed E-state index contributed by atoms with van der Waals surface area (Å²) in [7, 11) is 0. The Morgan fingerprint density at radius 3 is 3.06 bits per heavy atom. The van der Waals surface area contributed by atoms with E-state index in [1.54, 1.807) is 4.90 Å². The number of carbonyl (C=O) groups is 2. The highest BCUT2D eigenvalue weighted by molar-refractivity contribution is 5.92. The quantitative estimate of drug-likeness (QED) is 0.575. The molecule has 2 atom stereocenters. The van der Waals surface area contributed by atoms with Crippen LogP contribution in [0.1, 0.15) is 23.5 Å². The molecule has 8 nitrogen and oxygen atoms in total. The fourth-order valence-electron chi connectivity index (χ4n) is 2.71. The number of nitrogens with two attached hydrogens (primary N) is 1. The van der Waals surface area contributed by atoms with Crippen LogP contribution in [0.3, 0.4) is 0 Å². The largest absolute Gasteiger partial charge is 0.366 e. The molecule has 8 heteroatoms. The first-order chi connectivity index (χ1) is 8.66. The average molecular weight is 250 g/mol. The van der Waals surface area contributed by atoms with Gasteiger partial charge in [-0.1, -0.05) is 0 Å². The van der Waals surface area contributed by atoms with Crippen molar-refractivity contribution in [2.45, 2.75) is 18.9 Å². The molecule has 2 unspecified atom stereocenters. The second-order valence-electron chi connectivity index (χ2n) is 4.60. The molecule has 18 heavy (non-hydrogen) atoms. The van der Waals surface area contributed by atoms with Crippen LogP contribution in [0.5, 0.6) is 0 Å². The minimum Gasteiger partial charge on any atom is -0.366 e. The van der Waals surface area contributed by atoms with Gasteiger partial charge in [-0.3, -0.25) is 14.7 Å². The van der Waals surface area contributed by atoms with Crippen molar-refractivity contribution in [2.24, 2.45) is 5.92 Å². The van der Waals surface area contributed by atoms with Crippen LogP contribution in [0.4, 0.5) is 5.95 Å². The van der Waals surface area contributed by atoms with E-state index in [4.69, 9.17) is 5.73 Å². The van der Waals surface area contributed by atoms with Crippen LogP contribution in [0, 0.1) is 5.92 Å². The predicted molar refractivity (Wildman–Crippen MR) is 61.4 cm³/mol. The Morgan fingerprint density at radius 1 is 1.50 bits per heavy atom. The van der Waals surface area contributed by atoms with E-state index in [1.165, 1.54) is 0 Å². The molecular weight excluding hydrogens is 236 g/mol. The molecule has 4 N–H and O–H groups in total. The van der Waals surface area contributed by atoms with Gasteiger partial charge in [-0.05, 0) is 12.8 Å². The molecule has 3 heterocycles. The van der Waals surface area contributed by atoms with Crippen molar-refractivity contribution in [1.82, 2.24) is 25.4 Å². The van der Waals surface area contributed by atoms with E-state index < -0.39 is 0 Å². The second kappa shape index (κ2) is 3.97. The summed E-state index contributed by atoms with van der Waals surface area (Å²) in [4.78, 5) is 29.4. The number of hydrogen-bond donors (Lipinski definition) is 3. The van der Waals surface area contributed by atoms with Gasteiger partial charge < -0.3 is 16.0 Å². The second-order valence-corrected chi connectivity index (χ2v) is 4.60. The zero-order valence-corrected chi connectivity index (χ0v) is 9.72. The lowest BCUT2D eigenvalue weighted by Crippen LogP contribution is -2.49.